The summed E-state index contributed by atoms with van der Waals surface area (Å²) in [7, 11) is 0. The summed E-state index contributed by atoms with van der Waals surface area (Å²) in [6, 6.07) is 23.1. The van der Waals surface area contributed by atoms with Crippen molar-refractivity contribution in [1.82, 2.24) is 0 Å². The first-order valence-electron chi connectivity index (χ1n) is 12.4. The smallest absolute Gasteiger partial charge is 0.379 e. The normalized spacial score (nSPS) is 15.8. The lowest BCUT2D eigenvalue weighted by Crippen LogP contribution is -2.31. The van der Waals surface area contributed by atoms with Crippen molar-refractivity contribution in [3.05, 3.63) is 95.5 Å². The number of benzene rings is 2. The number of nitrogens with zero attached hydrogens (tertiary/aromatic N) is 2. The molecule has 0 saturated carbocycles. The zero-order chi connectivity index (χ0) is 24.4. The minimum Gasteiger partial charge on any atom is -0.409 e. The molecule has 35 heavy (non-hydrogen) atoms. The van der Waals surface area contributed by atoms with Crippen LogP contribution in [0.3, 0.4) is 0 Å². The van der Waals surface area contributed by atoms with E-state index in [0.717, 1.165) is 47.5 Å². The van der Waals surface area contributed by atoms with E-state index < -0.39 is 0 Å². The Hall–Kier alpha value is -3.41. The molecule has 0 fully saturated rings. The summed E-state index contributed by atoms with van der Waals surface area (Å²) < 4.78 is 8.06. The van der Waals surface area contributed by atoms with Gasteiger partial charge in [-0.2, -0.15) is 0 Å². The molecule has 3 heterocycles. The fourth-order valence-electron chi connectivity index (χ4n) is 5.18. The molecule has 1 aliphatic heterocycles. The van der Waals surface area contributed by atoms with E-state index >= 15 is 0 Å². The van der Waals surface area contributed by atoms with Gasteiger partial charge in [-0.05, 0) is 48.2 Å². The summed E-state index contributed by atoms with van der Waals surface area (Å²) in [6.45, 7) is 5.74. The Morgan fingerprint density at radius 2 is 1.71 bits per heavy atom. The largest absolute Gasteiger partial charge is 0.409 e. The standard InChI is InChI=1S/C30H33N2O3/c1-30(2)25-10-4-6-12-27(25)31(17-7-8-19-33)28(30)21-22-15-18-32(26-11-5-3-9-24(22)26)29-14-13-23(35-29)16-20-34/h3-6,9-15,18,21,33-34H,7-8,16-17,19-20H2,1-2H3/q+1. The highest BCUT2D eigenvalue weighted by Crippen LogP contribution is 2.48. The maximum Gasteiger partial charge on any atom is 0.379 e. The lowest BCUT2D eigenvalue weighted by Gasteiger charge is -2.27. The highest BCUT2D eigenvalue weighted by molar-refractivity contribution is 5.88. The molecule has 0 atom stereocenters. The van der Waals surface area contributed by atoms with Crippen molar-refractivity contribution < 1.29 is 19.2 Å². The van der Waals surface area contributed by atoms with Crippen LogP contribution in [-0.2, 0) is 11.8 Å². The van der Waals surface area contributed by atoms with Crippen LogP contribution in [0.4, 0.5) is 5.69 Å². The van der Waals surface area contributed by atoms with E-state index in [1.54, 1.807) is 0 Å². The van der Waals surface area contributed by atoms with Crippen LogP contribution in [0.1, 0.15) is 43.6 Å². The predicted molar refractivity (Wildman–Crippen MR) is 140 cm³/mol. The minimum absolute atomic E-state index is 0.0673. The van der Waals surface area contributed by atoms with Gasteiger partial charge in [0.2, 0.25) is 5.52 Å². The number of fused-ring (bicyclic) bond motifs is 2. The Morgan fingerprint density at radius 1 is 0.914 bits per heavy atom. The third kappa shape index (κ3) is 4.26. The molecule has 0 aliphatic carbocycles. The molecule has 4 aromatic rings. The molecule has 1 aliphatic rings. The van der Waals surface area contributed by atoms with E-state index in [9.17, 15) is 10.2 Å². The van der Waals surface area contributed by atoms with Crippen molar-refractivity contribution in [3.63, 3.8) is 0 Å². The number of aliphatic hydroxyl groups excluding tert-OH is 2. The van der Waals surface area contributed by atoms with Crippen molar-refractivity contribution in [2.75, 3.05) is 24.7 Å². The van der Waals surface area contributed by atoms with Crippen LogP contribution in [0, 0.1) is 0 Å². The lowest BCUT2D eigenvalue weighted by molar-refractivity contribution is -0.581. The van der Waals surface area contributed by atoms with Crippen LogP contribution >= 0.6 is 0 Å². The van der Waals surface area contributed by atoms with Crippen molar-refractivity contribution >= 4 is 22.7 Å². The van der Waals surface area contributed by atoms with Gasteiger partial charge in [0.25, 0.3) is 0 Å². The van der Waals surface area contributed by atoms with Gasteiger partial charge in [0, 0.05) is 48.5 Å². The zero-order valence-corrected chi connectivity index (χ0v) is 20.4. The summed E-state index contributed by atoms with van der Waals surface area (Å²) in [4.78, 5) is 2.43. The summed E-state index contributed by atoms with van der Waals surface area (Å²) in [5, 5.41) is 19.7. The number of furan rings is 1. The Kier molecular flexibility index (Phi) is 6.46. The number of para-hydroxylation sites is 2. The van der Waals surface area contributed by atoms with E-state index in [4.69, 9.17) is 4.42 Å². The third-order valence-corrected chi connectivity index (χ3v) is 7.00. The molecular weight excluding hydrogens is 436 g/mol. The van der Waals surface area contributed by atoms with Crippen LogP contribution in [0.25, 0.3) is 22.9 Å². The monoisotopic (exact) mass is 469 g/mol. The van der Waals surface area contributed by atoms with Crippen molar-refractivity contribution in [2.45, 2.75) is 38.5 Å². The van der Waals surface area contributed by atoms with E-state index in [2.05, 4.69) is 84.1 Å². The van der Waals surface area contributed by atoms with E-state index in [0.29, 0.717) is 6.42 Å². The number of rotatable bonds is 8. The van der Waals surface area contributed by atoms with Gasteiger partial charge in [-0.1, -0.05) is 44.2 Å². The number of hydrogen-bond acceptors (Lipinski definition) is 4. The molecule has 5 heteroatoms. The summed E-state index contributed by atoms with van der Waals surface area (Å²) in [5.74, 6) is 1.51. The lowest BCUT2D eigenvalue weighted by atomic mass is 9.83. The van der Waals surface area contributed by atoms with E-state index in [1.165, 1.54) is 16.9 Å². The maximum atomic E-state index is 9.35. The van der Waals surface area contributed by atoms with Crippen LogP contribution in [0.5, 0.6) is 0 Å². The molecule has 0 bridgehead atoms. The quantitative estimate of drug-likeness (QED) is 0.277. The van der Waals surface area contributed by atoms with Crippen LogP contribution in [0.2, 0.25) is 0 Å². The number of aliphatic hydroxyl groups is 2. The average molecular weight is 470 g/mol. The molecule has 2 aromatic heterocycles. The Labute approximate surface area is 206 Å². The third-order valence-electron chi connectivity index (χ3n) is 7.00. The molecule has 0 unspecified atom stereocenters. The van der Waals surface area contributed by atoms with Gasteiger partial charge in [-0.15, -0.1) is 4.57 Å². The van der Waals surface area contributed by atoms with Gasteiger partial charge in [-0.3, -0.25) is 0 Å². The fraction of sp³-hybridized carbons (Fsp3) is 0.300. The first-order chi connectivity index (χ1) is 17.0. The number of aromatic nitrogens is 1. The fourth-order valence-corrected chi connectivity index (χ4v) is 5.18. The van der Waals surface area contributed by atoms with Gasteiger partial charge in [0.15, 0.2) is 6.20 Å². The molecular formula is C30H33N2O3+. The molecule has 2 N–H and O–H groups in total. The number of hydrogen-bond donors (Lipinski definition) is 2. The number of unbranched alkanes of at least 4 members (excludes halogenated alkanes) is 1. The topological polar surface area (TPSA) is 60.7 Å². The van der Waals surface area contributed by atoms with Crippen molar-refractivity contribution in [2.24, 2.45) is 0 Å². The Bertz CT molecular complexity index is 1370. The van der Waals surface area contributed by atoms with Crippen LogP contribution < -0.4 is 9.47 Å². The summed E-state index contributed by atoms with van der Waals surface area (Å²) in [5.41, 5.74) is 5.93. The second-order valence-electron chi connectivity index (χ2n) is 9.63. The minimum atomic E-state index is -0.136. The van der Waals surface area contributed by atoms with Gasteiger partial charge in [0.05, 0.1) is 18.1 Å². The first kappa shape index (κ1) is 23.3. The van der Waals surface area contributed by atoms with Gasteiger partial charge in [-0.25, -0.2) is 0 Å². The molecule has 2 aromatic carbocycles. The average Bonchev–Trinajstić information content (AvgIpc) is 3.41. The van der Waals surface area contributed by atoms with Crippen LogP contribution in [0.15, 0.2) is 83.0 Å². The molecule has 5 rings (SSSR count). The van der Waals surface area contributed by atoms with E-state index in [1.807, 2.05) is 18.2 Å². The predicted octanol–water partition coefficient (Wildman–Crippen LogP) is 5.16. The van der Waals surface area contributed by atoms with Crippen molar-refractivity contribution in [3.8, 4) is 5.88 Å². The van der Waals surface area contributed by atoms with Crippen molar-refractivity contribution in [1.29, 1.82) is 0 Å². The highest BCUT2D eigenvalue weighted by Gasteiger charge is 2.39. The summed E-state index contributed by atoms with van der Waals surface area (Å²) in [6.07, 6.45) is 6.61. The molecule has 0 spiro atoms. The van der Waals surface area contributed by atoms with Gasteiger partial charge >= 0.3 is 5.88 Å². The van der Waals surface area contributed by atoms with Gasteiger partial charge in [0.1, 0.15) is 5.76 Å². The zero-order valence-electron chi connectivity index (χ0n) is 20.4. The first-order valence-corrected chi connectivity index (χ1v) is 12.4. The Morgan fingerprint density at radius 3 is 2.54 bits per heavy atom. The second-order valence-corrected chi connectivity index (χ2v) is 9.63. The molecule has 5 nitrogen and oxygen atoms in total. The highest BCUT2D eigenvalue weighted by atomic mass is 16.4. The molecule has 0 saturated heterocycles. The van der Waals surface area contributed by atoms with E-state index in [-0.39, 0.29) is 18.6 Å². The number of anilines is 1. The maximum absolute atomic E-state index is 9.35. The molecule has 180 valence electrons. The summed E-state index contributed by atoms with van der Waals surface area (Å²) >= 11 is 0. The number of allylic oxidation sites excluding steroid dienone is 1. The molecule has 0 amide bonds. The van der Waals surface area contributed by atoms with Crippen LogP contribution in [-0.4, -0.2) is 30.0 Å². The molecule has 0 radical (unpaired) electrons. The second kappa shape index (κ2) is 9.68. The number of pyridine rings is 1. The SMILES string of the molecule is CC1(C)/C(=C/c2cc[n+](-c3ccc(CCO)o3)c3ccccc23)N(CCCCO)c2ccccc21. The Balaban J connectivity index is 1.62. The van der Waals surface area contributed by atoms with Gasteiger partial charge < -0.3 is 19.5 Å².